The van der Waals surface area contributed by atoms with Gasteiger partial charge in [-0.1, -0.05) is 0 Å². The van der Waals surface area contributed by atoms with E-state index >= 15 is 0 Å². The smallest absolute Gasteiger partial charge is 0.290 e. The number of rotatable bonds is 4. The topological polar surface area (TPSA) is 67.6 Å². The first-order valence-corrected chi connectivity index (χ1v) is 8.10. The van der Waals surface area contributed by atoms with Gasteiger partial charge >= 0.3 is 0 Å². The molecule has 3 rings (SSSR count). The van der Waals surface area contributed by atoms with Crippen LogP contribution in [0, 0.1) is 6.92 Å². The fraction of sp³-hybridized carbons (Fsp3) is 0.368. The van der Waals surface area contributed by atoms with Gasteiger partial charge in [0, 0.05) is 35.6 Å². The molecule has 0 saturated heterocycles. The number of carboxylic acid groups (broad SMARTS) is 1. The zero-order valence-electron chi connectivity index (χ0n) is 15.4. The molecule has 0 spiro atoms. The van der Waals surface area contributed by atoms with E-state index in [4.69, 9.17) is 14.6 Å². The van der Waals surface area contributed by atoms with E-state index in [0.717, 1.165) is 18.0 Å². The molecule has 6 nitrogen and oxygen atoms in total. The maximum Gasteiger partial charge on any atom is 0.290 e. The summed E-state index contributed by atoms with van der Waals surface area (Å²) in [5.41, 5.74) is 3.50. The number of likely N-dealkylation sites (N-methyl/N-ethyl adjacent to an activating group) is 1. The van der Waals surface area contributed by atoms with Crippen molar-refractivity contribution in [1.82, 2.24) is 14.5 Å². The minimum absolute atomic E-state index is 0.250. The normalized spacial score (nSPS) is 12.1. The Morgan fingerprint density at radius 1 is 1.32 bits per heavy atom. The monoisotopic (exact) mass is 343 g/mol. The zero-order chi connectivity index (χ0) is 18.6. The summed E-state index contributed by atoms with van der Waals surface area (Å²) in [4.78, 5) is 15.1. The number of aryl methyl sites for hydroxylation is 1. The van der Waals surface area contributed by atoms with Crippen LogP contribution in [0.25, 0.3) is 21.8 Å². The number of benzene rings is 1. The van der Waals surface area contributed by atoms with Crippen LogP contribution in [0.5, 0.6) is 5.75 Å². The maximum absolute atomic E-state index is 8.36. The molecule has 0 aliphatic heterocycles. The van der Waals surface area contributed by atoms with Crippen molar-refractivity contribution >= 4 is 28.3 Å². The average Bonchev–Trinajstić information content (AvgIpc) is 2.90. The summed E-state index contributed by atoms with van der Waals surface area (Å²) >= 11 is 0. The number of fused-ring (bicyclic) bond motifs is 3. The summed E-state index contributed by atoms with van der Waals surface area (Å²) in [7, 11) is 5.94. The highest BCUT2D eigenvalue weighted by atomic mass is 16.5. The van der Waals surface area contributed by atoms with Crippen LogP contribution in [-0.2, 0) is 11.3 Å². The minimum atomic E-state index is -0.250. The molecule has 3 aromatic rings. The van der Waals surface area contributed by atoms with Gasteiger partial charge in [-0.3, -0.25) is 9.78 Å². The zero-order valence-corrected chi connectivity index (χ0v) is 15.4. The number of pyridine rings is 1. The van der Waals surface area contributed by atoms with Gasteiger partial charge in [0.25, 0.3) is 6.47 Å². The molecule has 0 radical (unpaired) electrons. The number of carbonyl (C=O) groups is 1. The molecule has 0 fully saturated rings. The van der Waals surface area contributed by atoms with Crippen molar-refractivity contribution in [3.05, 3.63) is 36.2 Å². The standard InChI is InChI=1S/C18H23N3O.CH2O2/c1-12(20(3)4)11-21-17-10-14(22-5)6-7-15(17)16-8-9-19-13(2)18(16)21;2-1-3/h6-10,12H,11H2,1-5H3;1H,(H,2,3). The predicted octanol–water partition coefficient (Wildman–Crippen LogP) is 3.16. The summed E-state index contributed by atoms with van der Waals surface area (Å²) in [6, 6.07) is 8.83. The maximum atomic E-state index is 8.36. The Morgan fingerprint density at radius 2 is 2.00 bits per heavy atom. The van der Waals surface area contributed by atoms with Crippen LogP contribution in [0.15, 0.2) is 30.5 Å². The van der Waals surface area contributed by atoms with Crippen molar-refractivity contribution in [2.45, 2.75) is 26.4 Å². The van der Waals surface area contributed by atoms with Gasteiger partial charge in [0.05, 0.1) is 23.8 Å². The van der Waals surface area contributed by atoms with E-state index in [1.54, 1.807) is 7.11 Å². The summed E-state index contributed by atoms with van der Waals surface area (Å²) in [6.45, 7) is 4.99. The largest absolute Gasteiger partial charge is 0.497 e. The number of ether oxygens (including phenoxy) is 1. The average molecular weight is 343 g/mol. The third-order valence-electron chi connectivity index (χ3n) is 4.49. The molecule has 1 unspecified atom stereocenters. The Kier molecular flexibility index (Phi) is 5.98. The molecule has 2 heterocycles. The number of hydrogen-bond donors (Lipinski definition) is 1. The van der Waals surface area contributed by atoms with Crippen molar-refractivity contribution in [3.8, 4) is 5.75 Å². The molecule has 1 N–H and O–H groups in total. The number of nitrogens with zero attached hydrogens (tertiary/aromatic N) is 3. The molecule has 25 heavy (non-hydrogen) atoms. The van der Waals surface area contributed by atoms with Crippen LogP contribution < -0.4 is 4.74 Å². The third-order valence-corrected chi connectivity index (χ3v) is 4.49. The summed E-state index contributed by atoms with van der Waals surface area (Å²) < 4.78 is 7.79. The SMILES string of the molecule is COc1ccc2c3ccnc(C)c3n(CC(C)N(C)C)c2c1.O=CO. The fourth-order valence-electron chi connectivity index (χ4n) is 2.94. The Hall–Kier alpha value is -2.60. The van der Waals surface area contributed by atoms with Crippen LogP contribution >= 0.6 is 0 Å². The molecule has 0 aliphatic rings. The van der Waals surface area contributed by atoms with E-state index < -0.39 is 0 Å². The first-order chi connectivity index (χ1) is 11.9. The van der Waals surface area contributed by atoms with E-state index in [1.807, 2.05) is 12.3 Å². The lowest BCUT2D eigenvalue weighted by atomic mass is 10.1. The Labute approximate surface area is 147 Å². The van der Waals surface area contributed by atoms with Gasteiger partial charge in [0.1, 0.15) is 5.75 Å². The quantitative estimate of drug-likeness (QED) is 0.737. The molecule has 0 amide bonds. The molecule has 1 aromatic carbocycles. The molecule has 2 aromatic heterocycles. The van der Waals surface area contributed by atoms with Gasteiger partial charge in [-0.2, -0.15) is 0 Å². The van der Waals surface area contributed by atoms with E-state index in [1.165, 1.54) is 21.8 Å². The van der Waals surface area contributed by atoms with Crippen LogP contribution in [0.1, 0.15) is 12.6 Å². The lowest BCUT2D eigenvalue weighted by molar-refractivity contribution is -0.122. The second-order valence-electron chi connectivity index (χ2n) is 6.20. The summed E-state index contributed by atoms with van der Waals surface area (Å²) in [5.74, 6) is 0.889. The lowest BCUT2D eigenvalue weighted by Crippen LogP contribution is -2.29. The Morgan fingerprint density at radius 3 is 2.60 bits per heavy atom. The third kappa shape index (κ3) is 3.74. The van der Waals surface area contributed by atoms with Gasteiger partial charge in [-0.05, 0) is 46.1 Å². The van der Waals surface area contributed by atoms with Crippen LogP contribution in [-0.4, -0.2) is 53.3 Å². The van der Waals surface area contributed by atoms with Crippen LogP contribution in [0.3, 0.4) is 0 Å². The summed E-state index contributed by atoms with van der Waals surface area (Å²) in [6.07, 6.45) is 1.89. The fourth-order valence-corrected chi connectivity index (χ4v) is 2.94. The van der Waals surface area contributed by atoms with Crippen molar-refractivity contribution in [2.24, 2.45) is 0 Å². The molecule has 1 atom stereocenters. The molecule has 134 valence electrons. The second-order valence-corrected chi connectivity index (χ2v) is 6.20. The highest BCUT2D eigenvalue weighted by Gasteiger charge is 2.16. The molecular formula is C19H25N3O3. The number of methoxy groups -OCH3 is 1. The first kappa shape index (κ1) is 18.7. The molecule has 0 aliphatic carbocycles. The van der Waals surface area contributed by atoms with Crippen molar-refractivity contribution in [2.75, 3.05) is 21.2 Å². The van der Waals surface area contributed by atoms with Crippen LogP contribution in [0.4, 0.5) is 0 Å². The van der Waals surface area contributed by atoms with Gasteiger partial charge in [-0.15, -0.1) is 0 Å². The highest BCUT2D eigenvalue weighted by Crippen LogP contribution is 2.32. The van der Waals surface area contributed by atoms with Crippen molar-refractivity contribution < 1.29 is 14.6 Å². The number of aromatic nitrogens is 2. The van der Waals surface area contributed by atoms with Gasteiger partial charge < -0.3 is 19.3 Å². The van der Waals surface area contributed by atoms with E-state index in [2.05, 4.69) is 60.6 Å². The number of hydrogen-bond acceptors (Lipinski definition) is 4. The van der Waals surface area contributed by atoms with E-state index in [0.29, 0.717) is 6.04 Å². The van der Waals surface area contributed by atoms with Gasteiger partial charge in [0.15, 0.2) is 0 Å². The molecule has 0 bridgehead atoms. The Bertz CT molecular complexity index is 871. The first-order valence-electron chi connectivity index (χ1n) is 8.10. The van der Waals surface area contributed by atoms with E-state index in [9.17, 15) is 0 Å². The van der Waals surface area contributed by atoms with Crippen LogP contribution in [0.2, 0.25) is 0 Å². The lowest BCUT2D eigenvalue weighted by Gasteiger charge is -2.21. The molecule has 6 heteroatoms. The Balaban J connectivity index is 0.000000701. The van der Waals surface area contributed by atoms with E-state index in [-0.39, 0.29) is 6.47 Å². The van der Waals surface area contributed by atoms with Crippen molar-refractivity contribution in [3.63, 3.8) is 0 Å². The predicted molar refractivity (Wildman–Crippen MR) is 100 cm³/mol. The second kappa shape index (κ2) is 7.98. The minimum Gasteiger partial charge on any atom is -0.497 e. The van der Waals surface area contributed by atoms with Gasteiger partial charge in [-0.25, -0.2) is 0 Å². The molecule has 0 saturated carbocycles. The molecular weight excluding hydrogens is 318 g/mol. The van der Waals surface area contributed by atoms with Crippen molar-refractivity contribution in [1.29, 1.82) is 0 Å². The highest BCUT2D eigenvalue weighted by molar-refractivity contribution is 6.09. The summed E-state index contributed by atoms with van der Waals surface area (Å²) in [5, 5.41) is 9.41. The van der Waals surface area contributed by atoms with Gasteiger partial charge in [0.2, 0.25) is 0 Å².